The molecule has 0 aromatic heterocycles. The number of hydrogen-bond acceptors (Lipinski definition) is 5. The number of nitrogens with zero attached hydrogens (tertiary/aromatic N) is 2. The lowest BCUT2D eigenvalue weighted by molar-refractivity contribution is -0.385. The Morgan fingerprint density at radius 2 is 2.00 bits per heavy atom. The molecule has 7 heteroatoms. The second-order valence-electron chi connectivity index (χ2n) is 5.21. The van der Waals surface area contributed by atoms with Crippen LogP contribution < -0.4 is 5.32 Å². The number of carbonyl (C=O) groups excluding carboxylic acids is 1. The molecule has 1 aliphatic heterocycles. The molecule has 1 aromatic carbocycles. The molecule has 1 fully saturated rings. The minimum Gasteiger partial charge on any atom is -0.388 e. The van der Waals surface area contributed by atoms with E-state index in [-0.39, 0.29) is 29.4 Å². The maximum absolute atomic E-state index is 12.6. The average Bonchev–Trinajstić information content (AvgIpc) is 2.44. The number of anilines is 1. The predicted octanol–water partition coefficient (Wildman–Crippen LogP) is 1.89. The fraction of sp³-hybridized carbons (Fsp3) is 0.500. The first-order valence-corrected chi connectivity index (χ1v) is 6.83. The fourth-order valence-electron chi connectivity index (χ4n) is 2.54. The molecule has 7 nitrogen and oxygen atoms in total. The number of morpholine rings is 1. The molecular formula is C14H19N3O4. The highest BCUT2D eigenvalue weighted by atomic mass is 16.6. The fourth-order valence-corrected chi connectivity index (χ4v) is 2.54. The summed E-state index contributed by atoms with van der Waals surface area (Å²) < 4.78 is 5.58. The summed E-state index contributed by atoms with van der Waals surface area (Å²) in [6, 6.07) is 4.46. The molecule has 0 saturated carbocycles. The first kappa shape index (κ1) is 15.2. The number of ether oxygens (including phenoxy) is 1. The monoisotopic (exact) mass is 293 g/mol. The van der Waals surface area contributed by atoms with Gasteiger partial charge >= 0.3 is 0 Å². The van der Waals surface area contributed by atoms with Crippen LogP contribution in [0.3, 0.4) is 0 Å². The second-order valence-corrected chi connectivity index (χ2v) is 5.21. The number of hydrogen-bond donors (Lipinski definition) is 1. The summed E-state index contributed by atoms with van der Waals surface area (Å²) in [4.78, 5) is 24.8. The van der Waals surface area contributed by atoms with Gasteiger partial charge in [-0.25, -0.2) is 0 Å². The van der Waals surface area contributed by atoms with Gasteiger partial charge in [0, 0.05) is 31.9 Å². The van der Waals surface area contributed by atoms with Gasteiger partial charge in [0.2, 0.25) is 0 Å². The van der Waals surface area contributed by atoms with Gasteiger partial charge in [-0.2, -0.15) is 0 Å². The van der Waals surface area contributed by atoms with Crippen LogP contribution in [0, 0.1) is 10.1 Å². The van der Waals surface area contributed by atoms with Gasteiger partial charge < -0.3 is 15.0 Å². The van der Waals surface area contributed by atoms with Crippen molar-refractivity contribution in [2.75, 3.05) is 25.5 Å². The molecule has 114 valence electrons. The van der Waals surface area contributed by atoms with Gasteiger partial charge in [-0.15, -0.1) is 0 Å². The molecule has 1 N–H and O–H groups in total. The molecule has 2 atom stereocenters. The SMILES string of the molecule is CNc1ccc([N+](=O)[O-])c(C(=O)N2C[C@@H](C)O[C@@H](C)C2)c1. The van der Waals surface area contributed by atoms with Crippen LogP contribution in [0.1, 0.15) is 24.2 Å². The van der Waals surface area contributed by atoms with Crippen molar-refractivity contribution in [2.45, 2.75) is 26.1 Å². The van der Waals surface area contributed by atoms with Gasteiger partial charge in [0.1, 0.15) is 5.56 Å². The Kier molecular flexibility index (Phi) is 4.42. The lowest BCUT2D eigenvalue weighted by atomic mass is 10.1. The van der Waals surface area contributed by atoms with Crippen molar-refractivity contribution < 1.29 is 14.5 Å². The molecule has 1 amide bonds. The van der Waals surface area contributed by atoms with E-state index in [1.165, 1.54) is 12.1 Å². The molecule has 0 bridgehead atoms. The van der Waals surface area contributed by atoms with E-state index in [9.17, 15) is 14.9 Å². The first-order valence-electron chi connectivity index (χ1n) is 6.83. The van der Waals surface area contributed by atoms with E-state index >= 15 is 0 Å². The Hall–Kier alpha value is -2.15. The Balaban J connectivity index is 2.35. The second kappa shape index (κ2) is 6.09. The lowest BCUT2D eigenvalue weighted by Crippen LogP contribution is -2.48. The van der Waals surface area contributed by atoms with Gasteiger partial charge in [-0.3, -0.25) is 14.9 Å². The van der Waals surface area contributed by atoms with Crippen LogP contribution in [-0.4, -0.2) is 48.1 Å². The normalized spacial score (nSPS) is 22.0. The highest BCUT2D eigenvalue weighted by Gasteiger charge is 2.30. The van der Waals surface area contributed by atoms with E-state index in [1.807, 2.05) is 13.8 Å². The third-order valence-electron chi connectivity index (χ3n) is 3.42. The van der Waals surface area contributed by atoms with Crippen molar-refractivity contribution >= 4 is 17.3 Å². The van der Waals surface area contributed by atoms with E-state index < -0.39 is 4.92 Å². The number of nitro groups is 1. The summed E-state index contributed by atoms with van der Waals surface area (Å²) in [5.41, 5.74) is 0.595. The van der Waals surface area contributed by atoms with Gasteiger partial charge in [0.15, 0.2) is 0 Å². The van der Waals surface area contributed by atoms with Crippen LogP contribution >= 0.6 is 0 Å². The number of rotatable bonds is 3. The van der Waals surface area contributed by atoms with Crippen LogP contribution in [0.25, 0.3) is 0 Å². The lowest BCUT2D eigenvalue weighted by Gasteiger charge is -2.35. The Bertz CT molecular complexity index is 551. The van der Waals surface area contributed by atoms with Crippen LogP contribution in [0.15, 0.2) is 18.2 Å². The molecule has 21 heavy (non-hydrogen) atoms. The number of nitro benzene ring substituents is 1. The highest BCUT2D eigenvalue weighted by Crippen LogP contribution is 2.25. The van der Waals surface area contributed by atoms with Gasteiger partial charge in [-0.1, -0.05) is 0 Å². The molecule has 0 spiro atoms. The van der Waals surface area contributed by atoms with Crippen LogP contribution in [0.2, 0.25) is 0 Å². The average molecular weight is 293 g/mol. The van der Waals surface area contributed by atoms with Crippen LogP contribution in [0.4, 0.5) is 11.4 Å². The van der Waals surface area contributed by atoms with Crippen LogP contribution in [0.5, 0.6) is 0 Å². The zero-order valence-electron chi connectivity index (χ0n) is 12.3. The number of benzene rings is 1. The van der Waals surface area contributed by atoms with Crippen LogP contribution in [-0.2, 0) is 4.74 Å². The van der Waals surface area contributed by atoms with E-state index in [2.05, 4.69) is 5.32 Å². The third-order valence-corrected chi connectivity index (χ3v) is 3.42. The smallest absolute Gasteiger partial charge is 0.282 e. The highest BCUT2D eigenvalue weighted by molar-refractivity contribution is 5.99. The minimum absolute atomic E-state index is 0.0794. The van der Waals surface area contributed by atoms with Crippen molar-refractivity contribution in [2.24, 2.45) is 0 Å². The first-order chi connectivity index (χ1) is 9.92. The number of amides is 1. The van der Waals surface area contributed by atoms with E-state index in [1.54, 1.807) is 18.0 Å². The summed E-state index contributed by atoms with van der Waals surface area (Å²) in [6.07, 6.45) is -0.159. The van der Waals surface area contributed by atoms with Gasteiger partial charge in [-0.05, 0) is 26.0 Å². The quantitative estimate of drug-likeness (QED) is 0.679. The summed E-state index contributed by atoms with van der Waals surface area (Å²) in [5.74, 6) is -0.333. The zero-order chi connectivity index (χ0) is 15.6. The van der Waals surface area contributed by atoms with Crippen molar-refractivity contribution in [3.8, 4) is 0 Å². The van der Waals surface area contributed by atoms with E-state index in [0.29, 0.717) is 18.8 Å². The van der Waals surface area contributed by atoms with Crippen molar-refractivity contribution in [1.29, 1.82) is 0 Å². The maximum atomic E-state index is 12.6. The van der Waals surface area contributed by atoms with E-state index in [0.717, 1.165) is 0 Å². The molecule has 1 aliphatic rings. The maximum Gasteiger partial charge on any atom is 0.282 e. The molecule has 2 rings (SSSR count). The summed E-state index contributed by atoms with van der Waals surface area (Å²) in [6.45, 7) is 4.64. The molecule has 1 heterocycles. The molecule has 1 aromatic rings. The minimum atomic E-state index is -0.528. The molecule has 0 unspecified atom stereocenters. The van der Waals surface area contributed by atoms with Crippen molar-refractivity contribution in [3.63, 3.8) is 0 Å². The van der Waals surface area contributed by atoms with Gasteiger partial charge in [0.25, 0.3) is 11.6 Å². The summed E-state index contributed by atoms with van der Waals surface area (Å²) >= 11 is 0. The Labute approximate surface area is 123 Å². The van der Waals surface area contributed by atoms with Gasteiger partial charge in [0.05, 0.1) is 17.1 Å². The van der Waals surface area contributed by atoms with E-state index in [4.69, 9.17) is 4.74 Å². The summed E-state index contributed by atoms with van der Waals surface area (Å²) in [5, 5.41) is 14.0. The predicted molar refractivity (Wildman–Crippen MR) is 78.6 cm³/mol. The Morgan fingerprint density at radius 3 is 2.52 bits per heavy atom. The largest absolute Gasteiger partial charge is 0.388 e. The molecular weight excluding hydrogens is 274 g/mol. The third kappa shape index (κ3) is 3.30. The standard InChI is InChI=1S/C14H19N3O4/c1-9-7-16(8-10(2)21-9)14(18)12-6-11(15-3)4-5-13(12)17(19)20/h4-6,9-10,15H,7-8H2,1-3H3/t9-,10+. The number of carbonyl (C=O) groups is 1. The molecule has 1 saturated heterocycles. The van der Waals surface area contributed by atoms with Crippen molar-refractivity contribution in [1.82, 2.24) is 4.90 Å². The zero-order valence-corrected chi connectivity index (χ0v) is 12.3. The summed E-state index contributed by atoms with van der Waals surface area (Å²) in [7, 11) is 1.70. The molecule has 0 radical (unpaired) electrons. The molecule has 0 aliphatic carbocycles. The Morgan fingerprint density at radius 1 is 1.38 bits per heavy atom. The van der Waals surface area contributed by atoms with Crippen molar-refractivity contribution in [3.05, 3.63) is 33.9 Å². The number of nitrogens with one attached hydrogen (secondary N) is 1. The topological polar surface area (TPSA) is 84.7 Å².